The highest BCUT2D eigenvalue weighted by Gasteiger charge is 2.32. The minimum Gasteiger partial charge on any atom is -0.406 e. The van der Waals surface area contributed by atoms with Gasteiger partial charge in [0.1, 0.15) is 5.75 Å². The molecule has 3 nitrogen and oxygen atoms in total. The van der Waals surface area contributed by atoms with Gasteiger partial charge in [0.15, 0.2) is 0 Å². The maximum absolute atomic E-state index is 12.6. The first kappa shape index (κ1) is 21.9. The maximum Gasteiger partial charge on any atom is 0.573 e. The molecule has 1 aliphatic rings. The summed E-state index contributed by atoms with van der Waals surface area (Å²) in [7, 11) is 0. The molecule has 1 N–H and O–H groups in total. The molecule has 144 valence electrons. The van der Waals surface area contributed by atoms with E-state index in [2.05, 4.69) is 10.1 Å². The minimum absolute atomic E-state index is 0. The summed E-state index contributed by atoms with van der Waals surface area (Å²) in [6.45, 7) is 2.50. The van der Waals surface area contributed by atoms with Crippen LogP contribution in [0.4, 0.5) is 26.3 Å². The molecule has 10 heteroatoms. The molecule has 0 radical (unpaired) electrons. The number of alkyl halides is 6. The molecule has 0 spiro atoms. The Balaban J connectivity index is 0.00000312. The first-order valence-electron chi connectivity index (χ1n) is 7.51. The van der Waals surface area contributed by atoms with Crippen LogP contribution in [-0.4, -0.2) is 43.6 Å². The molecule has 1 aliphatic heterocycles. The summed E-state index contributed by atoms with van der Waals surface area (Å²) in [6, 6.07) is 4.56. The number of benzene rings is 1. The monoisotopic (exact) mass is 392 g/mol. The summed E-state index contributed by atoms with van der Waals surface area (Å²) in [5, 5.41) is 3.12. The van der Waals surface area contributed by atoms with Crippen molar-refractivity contribution in [1.29, 1.82) is 0 Å². The van der Waals surface area contributed by atoms with Gasteiger partial charge in [-0.2, -0.15) is 13.2 Å². The standard InChI is InChI=1S/C15H18F6N2O.ClH/c16-14(17,18)6-5-13(23-9-7-22-8-10-23)11-1-3-12(4-2-11)24-15(19,20)21;/h1-4,13,22H,5-10H2;1H/t13-;/m0./s1. The summed E-state index contributed by atoms with van der Waals surface area (Å²) in [5.41, 5.74) is 0.552. The van der Waals surface area contributed by atoms with Gasteiger partial charge in [0.2, 0.25) is 0 Å². The number of piperazine rings is 1. The van der Waals surface area contributed by atoms with Crippen LogP contribution < -0.4 is 10.1 Å². The first-order valence-corrected chi connectivity index (χ1v) is 7.51. The third-order valence-electron chi connectivity index (χ3n) is 3.79. The Hall–Kier alpha value is -1.19. The number of ether oxygens (including phenoxy) is 1. The van der Waals surface area contributed by atoms with Crippen molar-refractivity contribution in [2.24, 2.45) is 0 Å². The summed E-state index contributed by atoms with van der Waals surface area (Å²) in [5.74, 6) is -0.388. The van der Waals surface area contributed by atoms with E-state index in [0.717, 1.165) is 12.1 Å². The van der Waals surface area contributed by atoms with Crippen LogP contribution in [-0.2, 0) is 0 Å². The molecule has 0 unspecified atom stereocenters. The van der Waals surface area contributed by atoms with Crippen molar-refractivity contribution in [2.45, 2.75) is 31.4 Å². The second kappa shape index (κ2) is 8.95. The number of nitrogens with zero attached hydrogens (tertiary/aromatic N) is 1. The van der Waals surface area contributed by atoms with E-state index < -0.39 is 25.0 Å². The first-order chi connectivity index (χ1) is 11.1. The molecule has 1 saturated heterocycles. The van der Waals surface area contributed by atoms with Crippen molar-refractivity contribution in [3.63, 3.8) is 0 Å². The largest absolute Gasteiger partial charge is 0.573 e. The second-order valence-corrected chi connectivity index (χ2v) is 5.57. The van der Waals surface area contributed by atoms with Gasteiger partial charge in [0.05, 0.1) is 0 Å². The highest BCUT2D eigenvalue weighted by atomic mass is 35.5. The zero-order chi connectivity index (χ0) is 17.8. The lowest BCUT2D eigenvalue weighted by Gasteiger charge is -2.35. The molecule has 1 fully saturated rings. The number of hydrogen-bond donors (Lipinski definition) is 1. The highest BCUT2D eigenvalue weighted by Crippen LogP contribution is 2.33. The van der Waals surface area contributed by atoms with Crippen LogP contribution in [0, 0.1) is 0 Å². The van der Waals surface area contributed by atoms with E-state index in [1.54, 1.807) is 0 Å². The molecule has 0 aliphatic carbocycles. The SMILES string of the molecule is Cl.FC(F)(F)CC[C@@H](c1ccc(OC(F)(F)F)cc1)N1CCNCC1. The highest BCUT2D eigenvalue weighted by molar-refractivity contribution is 5.85. The Morgan fingerprint density at radius 1 is 1.00 bits per heavy atom. The molecule has 1 atom stereocenters. The zero-order valence-electron chi connectivity index (χ0n) is 13.2. The van der Waals surface area contributed by atoms with E-state index in [4.69, 9.17) is 0 Å². The van der Waals surface area contributed by atoms with Gasteiger partial charge in [-0.25, -0.2) is 0 Å². The van der Waals surface area contributed by atoms with Crippen LogP contribution in [0.25, 0.3) is 0 Å². The predicted octanol–water partition coefficient (Wildman–Crippen LogP) is 4.30. The fourth-order valence-corrected chi connectivity index (χ4v) is 2.75. The Kier molecular flexibility index (Phi) is 7.83. The van der Waals surface area contributed by atoms with Crippen LogP contribution in [0.3, 0.4) is 0 Å². The van der Waals surface area contributed by atoms with E-state index >= 15 is 0 Å². The molecular weight excluding hydrogens is 374 g/mol. The topological polar surface area (TPSA) is 24.5 Å². The number of rotatable bonds is 5. The van der Waals surface area contributed by atoms with E-state index in [9.17, 15) is 26.3 Å². The van der Waals surface area contributed by atoms with Gasteiger partial charge in [0, 0.05) is 38.6 Å². The van der Waals surface area contributed by atoms with E-state index in [-0.39, 0.29) is 24.6 Å². The smallest absolute Gasteiger partial charge is 0.406 e. The van der Waals surface area contributed by atoms with Gasteiger partial charge >= 0.3 is 12.5 Å². The van der Waals surface area contributed by atoms with Gasteiger partial charge in [0.25, 0.3) is 0 Å². The van der Waals surface area contributed by atoms with Crippen LogP contribution in [0.15, 0.2) is 24.3 Å². The fourth-order valence-electron chi connectivity index (χ4n) is 2.75. The zero-order valence-corrected chi connectivity index (χ0v) is 14.0. The van der Waals surface area contributed by atoms with Crippen molar-refractivity contribution in [1.82, 2.24) is 10.2 Å². The normalized spacial score (nSPS) is 17.7. The predicted molar refractivity (Wildman–Crippen MR) is 82.8 cm³/mol. The Morgan fingerprint density at radius 3 is 2.04 bits per heavy atom. The van der Waals surface area contributed by atoms with Gasteiger partial charge in [-0.15, -0.1) is 25.6 Å². The van der Waals surface area contributed by atoms with Crippen LogP contribution in [0.2, 0.25) is 0 Å². The Bertz CT molecular complexity index is 514. The molecule has 1 heterocycles. The Labute approximate surface area is 147 Å². The molecule has 1 aromatic carbocycles. The number of halogens is 7. The summed E-state index contributed by atoms with van der Waals surface area (Å²) in [6.07, 6.45) is -10.1. The van der Waals surface area contributed by atoms with Gasteiger partial charge in [-0.05, 0) is 24.1 Å². The average molecular weight is 393 g/mol. The molecule has 1 aromatic rings. The third kappa shape index (κ3) is 7.70. The molecule has 0 saturated carbocycles. The summed E-state index contributed by atoms with van der Waals surface area (Å²) in [4.78, 5) is 1.92. The van der Waals surface area contributed by atoms with E-state index in [1.165, 1.54) is 12.1 Å². The quantitative estimate of drug-likeness (QED) is 0.756. The van der Waals surface area contributed by atoms with Crippen molar-refractivity contribution in [3.8, 4) is 5.75 Å². The number of hydrogen-bond acceptors (Lipinski definition) is 3. The van der Waals surface area contributed by atoms with Crippen LogP contribution >= 0.6 is 12.4 Å². The van der Waals surface area contributed by atoms with Crippen molar-refractivity contribution < 1.29 is 31.1 Å². The van der Waals surface area contributed by atoms with Gasteiger partial charge in [-0.3, -0.25) is 4.90 Å². The van der Waals surface area contributed by atoms with Crippen LogP contribution in [0.5, 0.6) is 5.75 Å². The molecule has 2 rings (SSSR count). The lowest BCUT2D eigenvalue weighted by molar-refractivity contribution is -0.274. The van der Waals surface area contributed by atoms with Gasteiger partial charge in [-0.1, -0.05) is 12.1 Å². The van der Waals surface area contributed by atoms with E-state index in [0.29, 0.717) is 31.7 Å². The minimum atomic E-state index is -4.80. The Morgan fingerprint density at radius 2 is 1.56 bits per heavy atom. The van der Waals surface area contributed by atoms with E-state index in [1.807, 2.05) is 4.90 Å². The van der Waals surface area contributed by atoms with Crippen molar-refractivity contribution in [2.75, 3.05) is 26.2 Å². The third-order valence-corrected chi connectivity index (χ3v) is 3.79. The van der Waals surface area contributed by atoms with Crippen LogP contribution in [0.1, 0.15) is 24.4 Å². The molecule has 0 amide bonds. The summed E-state index contributed by atoms with van der Waals surface area (Å²) >= 11 is 0. The van der Waals surface area contributed by atoms with Crippen molar-refractivity contribution >= 4 is 12.4 Å². The lowest BCUT2D eigenvalue weighted by atomic mass is 9.99. The average Bonchev–Trinajstić information content (AvgIpc) is 2.47. The number of nitrogens with one attached hydrogen (secondary N) is 1. The molecule has 0 bridgehead atoms. The molecular formula is C15H19ClF6N2O. The second-order valence-electron chi connectivity index (χ2n) is 5.57. The fraction of sp³-hybridized carbons (Fsp3) is 0.600. The molecule has 25 heavy (non-hydrogen) atoms. The lowest BCUT2D eigenvalue weighted by Crippen LogP contribution is -2.45. The summed E-state index contributed by atoms with van der Waals surface area (Å²) < 4.78 is 78.1. The van der Waals surface area contributed by atoms with Crippen molar-refractivity contribution in [3.05, 3.63) is 29.8 Å². The molecule has 0 aromatic heterocycles. The maximum atomic E-state index is 12.6. The van der Waals surface area contributed by atoms with Gasteiger partial charge < -0.3 is 10.1 Å².